The van der Waals surface area contributed by atoms with Crippen molar-refractivity contribution >= 4 is 17.3 Å². The number of benzene rings is 1. The van der Waals surface area contributed by atoms with E-state index in [1.54, 1.807) is 0 Å². The van der Waals surface area contributed by atoms with Crippen LogP contribution in [0, 0.1) is 16.7 Å². The molecule has 1 aromatic carbocycles. The number of aliphatic hydroxyl groups excluding tert-OH is 1. The van der Waals surface area contributed by atoms with E-state index in [2.05, 4.69) is 36.6 Å². The van der Waals surface area contributed by atoms with Gasteiger partial charge < -0.3 is 14.7 Å². The van der Waals surface area contributed by atoms with Crippen LogP contribution in [0.3, 0.4) is 0 Å². The lowest BCUT2D eigenvalue weighted by Gasteiger charge is -2.43. The van der Waals surface area contributed by atoms with Crippen LogP contribution in [-0.2, 0) is 4.74 Å². The van der Waals surface area contributed by atoms with Gasteiger partial charge in [0.25, 0.3) is 0 Å². The van der Waals surface area contributed by atoms with Crippen molar-refractivity contribution in [1.29, 1.82) is 0 Å². The molecule has 1 heterocycles. The quantitative estimate of drug-likeness (QED) is 0.772. The molecular weight excluding hydrogens is 372 g/mol. The topological polar surface area (TPSA) is 35.9 Å². The SMILES string of the molecule is CC1(C)[C@H]2CC[C@](C)(C2)[C@@H]1OC[C@H](O)CN1CCN(c2cccc(Cl)c2)CC1. The summed E-state index contributed by atoms with van der Waals surface area (Å²) in [6, 6.07) is 8.05. The van der Waals surface area contributed by atoms with Gasteiger partial charge in [0.2, 0.25) is 0 Å². The summed E-state index contributed by atoms with van der Waals surface area (Å²) in [5, 5.41) is 11.4. The molecule has 1 N–H and O–H groups in total. The van der Waals surface area contributed by atoms with Gasteiger partial charge in [0.1, 0.15) is 0 Å². The third kappa shape index (κ3) is 3.94. The highest BCUT2D eigenvalue weighted by Gasteiger charge is 2.60. The second-order valence-electron chi connectivity index (χ2n) is 10.0. The van der Waals surface area contributed by atoms with Crippen molar-refractivity contribution < 1.29 is 9.84 Å². The Morgan fingerprint density at radius 2 is 1.96 bits per heavy atom. The molecule has 1 aromatic rings. The Morgan fingerprint density at radius 3 is 2.61 bits per heavy atom. The standard InChI is InChI=1S/C23H35ClN2O2/c1-22(2)17-7-8-23(3,14-17)21(22)28-16-20(27)15-25-9-11-26(12-10-25)19-6-4-5-18(24)13-19/h4-6,13,17,20-21,27H,7-12,14-16H2,1-3H3/t17-,20+,21+,23+/m0/s1. The van der Waals surface area contributed by atoms with Crippen molar-refractivity contribution in [2.24, 2.45) is 16.7 Å². The van der Waals surface area contributed by atoms with E-state index < -0.39 is 6.10 Å². The third-order valence-corrected chi connectivity index (χ3v) is 7.84. The summed E-state index contributed by atoms with van der Waals surface area (Å²) in [4.78, 5) is 4.71. The minimum absolute atomic E-state index is 0.231. The molecule has 156 valence electrons. The molecule has 0 amide bonds. The van der Waals surface area contributed by atoms with Gasteiger partial charge in [-0.15, -0.1) is 0 Å². The molecule has 1 aliphatic heterocycles. The van der Waals surface area contributed by atoms with Gasteiger partial charge in [0, 0.05) is 43.4 Å². The van der Waals surface area contributed by atoms with E-state index in [-0.39, 0.29) is 11.5 Å². The van der Waals surface area contributed by atoms with Crippen molar-refractivity contribution in [2.75, 3.05) is 44.2 Å². The first kappa shape index (κ1) is 20.5. The Kier molecular flexibility index (Phi) is 5.69. The monoisotopic (exact) mass is 406 g/mol. The smallest absolute Gasteiger partial charge is 0.0900 e. The van der Waals surface area contributed by atoms with Crippen molar-refractivity contribution in [3.05, 3.63) is 29.3 Å². The Balaban J connectivity index is 1.24. The minimum Gasteiger partial charge on any atom is -0.389 e. The summed E-state index contributed by atoms with van der Waals surface area (Å²) >= 11 is 6.12. The van der Waals surface area contributed by atoms with Crippen LogP contribution in [-0.4, -0.2) is 61.5 Å². The highest BCUT2D eigenvalue weighted by Crippen LogP contribution is 2.63. The van der Waals surface area contributed by atoms with Crippen LogP contribution in [0.15, 0.2) is 24.3 Å². The molecule has 28 heavy (non-hydrogen) atoms. The zero-order valence-corrected chi connectivity index (χ0v) is 18.3. The summed E-state index contributed by atoms with van der Waals surface area (Å²) in [7, 11) is 0. The second kappa shape index (κ2) is 7.79. The van der Waals surface area contributed by atoms with E-state index in [0.29, 0.717) is 18.6 Å². The largest absolute Gasteiger partial charge is 0.389 e. The highest BCUT2D eigenvalue weighted by atomic mass is 35.5. The van der Waals surface area contributed by atoms with E-state index in [4.69, 9.17) is 16.3 Å². The van der Waals surface area contributed by atoms with Crippen LogP contribution in [0.5, 0.6) is 0 Å². The van der Waals surface area contributed by atoms with Gasteiger partial charge in [0.15, 0.2) is 0 Å². The molecule has 4 atom stereocenters. The maximum absolute atomic E-state index is 10.6. The molecular formula is C23H35ClN2O2. The van der Waals surface area contributed by atoms with Gasteiger partial charge in [0.05, 0.1) is 18.8 Å². The maximum Gasteiger partial charge on any atom is 0.0900 e. The lowest BCUT2D eigenvalue weighted by molar-refractivity contribution is -0.113. The molecule has 3 aliphatic rings. The summed E-state index contributed by atoms with van der Waals surface area (Å²) in [5.41, 5.74) is 1.72. The molecule has 2 saturated carbocycles. The first-order valence-corrected chi connectivity index (χ1v) is 11.2. The van der Waals surface area contributed by atoms with E-state index in [9.17, 15) is 5.11 Å². The zero-order valence-electron chi connectivity index (χ0n) is 17.5. The number of hydrogen-bond acceptors (Lipinski definition) is 4. The minimum atomic E-state index is -0.420. The van der Waals surface area contributed by atoms with E-state index in [1.165, 1.54) is 24.9 Å². The lowest BCUT2D eigenvalue weighted by atomic mass is 9.70. The van der Waals surface area contributed by atoms with Crippen LogP contribution >= 0.6 is 11.6 Å². The van der Waals surface area contributed by atoms with E-state index in [0.717, 1.165) is 37.1 Å². The molecule has 2 bridgehead atoms. The summed E-state index contributed by atoms with van der Waals surface area (Å²) in [6.45, 7) is 12.1. The Bertz CT molecular complexity index is 684. The molecule has 4 rings (SSSR count). The molecule has 1 saturated heterocycles. The fourth-order valence-corrected chi connectivity index (χ4v) is 6.28. The van der Waals surface area contributed by atoms with Crippen molar-refractivity contribution in [3.63, 3.8) is 0 Å². The summed E-state index contributed by atoms with van der Waals surface area (Å²) in [5.74, 6) is 0.777. The fourth-order valence-electron chi connectivity index (χ4n) is 6.09. The number of β-amino-alcohol motifs (C(OH)–C–C–N with tert-alkyl or cyclic N) is 1. The lowest BCUT2D eigenvalue weighted by Crippen LogP contribution is -2.50. The number of halogens is 1. The van der Waals surface area contributed by atoms with Crippen molar-refractivity contribution in [3.8, 4) is 0 Å². The van der Waals surface area contributed by atoms with Crippen LogP contribution in [0.25, 0.3) is 0 Å². The van der Waals surface area contributed by atoms with Gasteiger partial charge in [-0.25, -0.2) is 0 Å². The fraction of sp³-hybridized carbons (Fsp3) is 0.739. The van der Waals surface area contributed by atoms with Gasteiger partial charge in [-0.3, -0.25) is 4.90 Å². The van der Waals surface area contributed by atoms with Gasteiger partial charge in [-0.05, 0) is 54.2 Å². The predicted octanol–water partition coefficient (Wildman–Crippen LogP) is 4.05. The number of ether oxygens (including phenoxy) is 1. The van der Waals surface area contributed by atoms with E-state index >= 15 is 0 Å². The summed E-state index contributed by atoms with van der Waals surface area (Å²) < 4.78 is 6.36. The zero-order chi connectivity index (χ0) is 19.9. The van der Waals surface area contributed by atoms with Gasteiger partial charge in [-0.1, -0.05) is 38.4 Å². The number of piperazine rings is 1. The average molecular weight is 407 g/mol. The predicted molar refractivity (Wildman–Crippen MR) is 115 cm³/mol. The van der Waals surface area contributed by atoms with E-state index in [1.807, 2.05) is 18.2 Å². The maximum atomic E-state index is 10.6. The number of rotatable bonds is 6. The van der Waals surface area contributed by atoms with Gasteiger partial charge >= 0.3 is 0 Å². The average Bonchev–Trinajstić information content (AvgIpc) is 3.13. The molecule has 0 spiro atoms. The Hall–Kier alpha value is -0.810. The first-order valence-electron chi connectivity index (χ1n) is 10.8. The summed E-state index contributed by atoms with van der Waals surface area (Å²) in [6.07, 6.45) is 3.74. The van der Waals surface area contributed by atoms with Gasteiger partial charge in [-0.2, -0.15) is 0 Å². The Labute approximate surface area is 174 Å². The van der Waals surface area contributed by atoms with Crippen LogP contribution < -0.4 is 4.90 Å². The number of fused-ring (bicyclic) bond motifs is 2. The molecule has 3 fully saturated rings. The van der Waals surface area contributed by atoms with Crippen LogP contribution in [0.2, 0.25) is 5.02 Å². The Morgan fingerprint density at radius 1 is 1.21 bits per heavy atom. The second-order valence-corrected chi connectivity index (χ2v) is 10.5. The molecule has 0 aromatic heterocycles. The number of aliphatic hydroxyl groups is 1. The first-order chi connectivity index (χ1) is 13.3. The van der Waals surface area contributed by atoms with Crippen LogP contribution in [0.4, 0.5) is 5.69 Å². The molecule has 5 heteroatoms. The normalized spacial score (nSPS) is 33.4. The van der Waals surface area contributed by atoms with Crippen molar-refractivity contribution in [2.45, 2.75) is 52.2 Å². The molecule has 0 radical (unpaired) electrons. The molecule has 0 unspecified atom stereocenters. The number of anilines is 1. The number of nitrogens with zero attached hydrogens (tertiary/aromatic N) is 2. The molecule has 4 nitrogen and oxygen atoms in total. The molecule has 2 aliphatic carbocycles. The highest BCUT2D eigenvalue weighted by molar-refractivity contribution is 6.30. The van der Waals surface area contributed by atoms with Crippen molar-refractivity contribution in [1.82, 2.24) is 4.90 Å². The van der Waals surface area contributed by atoms with Crippen LogP contribution in [0.1, 0.15) is 40.0 Å². The third-order valence-electron chi connectivity index (χ3n) is 7.61. The number of hydrogen-bond donors (Lipinski definition) is 1.